The van der Waals surface area contributed by atoms with Gasteiger partial charge in [-0.3, -0.25) is 14.3 Å². The van der Waals surface area contributed by atoms with E-state index in [-0.39, 0.29) is 5.56 Å². The minimum absolute atomic E-state index is 0.0178. The molecule has 0 unspecified atom stereocenters. The third kappa shape index (κ3) is 3.57. The smallest absolute Gasteiger partial charge is 0.255 e. The van der Waals surface area contributed by atoms with Crippen LogP contribution in [0, 0.1) is 20.8 Å². The fourth-order valence-corrected chi connectivity index (χ4v) is 4.20. The molecule has 0 radical (unpaired) electrons. The summed E-state index contributed by atoms with van der Waals surface area (Å²) in [6, 6.07) is 9.92. The fraction of sp³-hybridized carbons (Fsp3) is 0.348. The number of nitrogens with zero attached hydrogens (tertiary/aromatic N) is 4. The van der Waals surface area contributed by atoms with Crippen LogP contribution in [0.1, 0.15) is 28.7 Å². The van der Waals surface area contributed by atoms with E-state index < -0.39 is 0 Å². The Bertz CT molecular complexity index is 1030. The van der Waals surface area contributed by atoms with Crippen LogP contribution in [0.25, 0.3) is 11.3 Å². The van der Waals surface area contributed by atoms with Gasteiger partial charge in [-0.15, -0.1) is 0 Å². The van der Waals surface area contributed by atoms with Crippen molar-refractivity contribution in [3.8, 4) is 11.3 Å². The molecule has 0 saturated heterocycles. The molecule has 0 atom stereocenters. The van der Waals surface area contributed by atoms with Crippen molar-refractivity contribution < 1.29 is 0 Å². The number of aryl methyl sites for hydroxylation is 3. The number of pyridine rings is 1. The SMILES string of the molecule is Cc1cc(C)c(CCN2CCCn3c2nc(-c2ccncc2)cc3=O)c(C)c1. The Morgan fingerprint density at radius 2 is 1.71 bits per heavy atom. The highest BCUT2D eigenvalue weighted by atomic mass is 16.1. The Kier molecular flexibility index (Phi) is 4.99. The van der Waals surface area contributed by atoms with Crippen LogP contribution >= 0.6 is 0 Å². The fourth-order valence-electron chi connectivity index (χ4n) is 4.20. The number of benzene rings is 1. The second kappa shape index (κ2) is 7.58. The van der Waals surface area contributed by atoms with Crippen molar-refractivity contribution in [1.29, 1.82) is 0 Å². The topological polar surface area (TPSA) is 51.0 Å². The summed E-state index contributed by atoms with van der Waals surface area (Å²) in [5, 5.41) is 0. The van der Waals surface area contributed by atoms with Crippen LogP contribution in [0.15, 0.2) is 47.5 Å². The van der Waals surface area contributed by atoms with Gasteiger partial charge in [0.05, 0.1) is 5.69 Å². The normalized spacial score (nSPS) is 13.5. The number of aromatic nitrogens is 3. The standard InChI is InChI=1S/C23H26N4O/c1-16-13-17(2)20(18(3)14-16)7-12-26-10-4-11-27-22(28)15-21(25-23(26)27)19-5-8-24-9-6-19/h5-6,8-9,13-15H,4,7,10-12H2,1-3H3. The van der Waals surface area contributed by atoms with Crippen molar-refractivity contribution in [2.45, 2.75) is 40.2 Å². The van der Waals surface area contributed by atoms with E-state index in [1.165, 1.54) is 22.3 Å². The molecule has 0 bridgehead atoms. The lowest BCUT2D eigenvalue weighted by atomic mass is 9.97. The Morgan fingerprint density at radius 3 is 2.43 bits per heavy atom. The van der Waals surface area contributed by atoms with Gasteiger partial charge >= 0.3 is 0 Å². The highest BCUT2D eigenvalue weighted by Crippen LogP contribution is 2.23. The quantitative estimate of drug-likeness (QED) is 0.699. The van der Waals surface area contributed by atoms with Crippen molar-refractivity contribution in [1.82, 2.24) is 14.5 Å². The Labute approximate surface area is 165 Å². The molecule has 0 N–H and O–H groups in total. The first-order chi connectivity index (χ1) is 13.5. The summed E-state index contributed by atoms with van der Waals surface area (Å²) in [5.74, 6) is 0.785. The summed E-state index contributed by atoms with van der Waals surface area (Å²) in [6.45, 7) is 9.03. The maximum absolute atomic E-state index is 12.7. The highest BCUT2D eigenvalue weighted by molar-refractivity contribution is 5.59. The predicted octanol–water partition coefficient (Wildman–Crippen LogP) is 3.68. The minimum Gasteiger partial charge on any atom is -0.342 e. The maximum atomic E-state index is 12.7. The van der Waals surface area contributed by atoms with Gasteiger partial charge in [0.1, 0.15) is 0 Å². The van der Waals surface area contributed by atoms with Crippen LogP contribution in [-0.4, -0.2) is 27.6 Å². The largest absolute Gasteiger partial charge is 0.342 e. The van der Waals surface area contributed by atoms with Gasteiger partial charge in [0, 0.05) is 43.7 Å². The summed E-state index contributed by atoms with van der Waals surface area (Å²) < 4.78 is 1.81. The van der Waals surface area contributed by atoms with E-state index in [2.05, 4.69) is 42.8 Å². The van der Waals surface area contributed by atoms with Crippen molar-refractivity contribution in [3.05, 3.63) is 75.3 Å². The number of fused-ring (bicyclic) bond motifs is 1. The van der Waals surface area contributed by atoms with E-state index in [1.807, 2.05) is 16.7 Å². The monoisotopic (exact) mass is 374 g/mol. The van der Waals surface area contributed by atoms with E-state index >= 15 is 0 Å². The molecule has 0 saturated carbocycles. The Balaban J connectivity index is 1.65. The molecular weight excluding hydrogens is 348 g/mol. The molecule has 3 heterocycles. The van der Waals surface area contributed by atoms with Crippen LogP contribution in [0.4, 0.5) is 5.95 Å². The molecule has 5 heteroatoms. The van der Waals surface area contributed by atoms with Gasteiger partial charge in [0.2, 0.25) is 5.95 Å². The molecule has 144 valence electrons. The van der Waals surface area contributed by atoms with Gasteiger partial charge in [-0.25, -0.2) is 4.98 Å². The Hall–Kier alpha value is -2.95. The molecule has 1 aliphatic heterocycles. The lowest BCUT2D eigenvalue weighted by Gasteiger charge is -2.31. The van der Waals surface area contributed by atoms with Crippen LogP contribution in [0.3, 0.4) is 0 Å². The molecule has 28 heavy (non-hydrogen) atoms. The van der Waals surface area contributed by atoms with Gasteiger partial charge in [0.25, 0.3) is 5.56 Å². The lowest BCUT2D eigenvalue weighted by molar-refractivity contribution is 0.532. The zero-order valence-corrected chi connectivity index (χ0v) is 16.8. The average molecular weight is 374 g/mol. The zero-order valence-electron chi connectivity index (χ0n) is 16.8. The molecule has 0 fully saturated rings. The van der Waals surface area contributed by atoms with E-state index in [1.54, 1.807) is 18.5 Å². The van der Waals surface area contributed by atoms with Crippen LogP contribution in [0.5, 0.6) is 0 Å². The highest BCUT2D eigenvalue weighted by Gasteiger charge is 2.21. The van der Waals surface area contributed by atoms with Gasteiger partial charge in [-0.05, 0) is 62.4 Å². The molecule has 1 aliphatic rings. The molecular formula is C23H26N4O. The number of rotatable bonds is 4. The molecule has 1 aromatic carbocycles. The van der Waals surface area contributed by atoms with Crippen molar-refractivity contribution in [3.63, 3.8) is 0 Å². The second-order valence-corrected chi connectivity index (χ2v) is 7.64. The summed E-state index contributed by atoms with van der Waals surface area (Å²) in [7, 11) is 0. The molecule has 0 aliphatic carbocycles. The van der Waals surface area contributed by atoms with Crippen molar-refractivity contribution >= 4 is 5.95 Å². The third-order valence-electron chi connectivity index (χ3n) is 5.53. The maximum Gasteiger partial charge on any atom is 0.255 e. The van der Waals surface area contributed by atoms with Crippen LogP contribution < -0.4 is 10.5 Å². The molecule has 0 amide bonds. The van der Waals surface area contributed by atoms with E-state index in [0.29, 0.717) is 5.69 Å². The molecule has 2 aromatic heterocycles. The van der Waals surface area contributed by atoms with Crippen molar-refractivity contribution in [2.24, 2.45) is 0 Å². The van der Waals surface area contributed by atoms with Crippen LogP contribution in [-0.2, 0) is 13.0 Å². The first kappa shape index (κ1) is 18.4. The minimum atomic E-state index is 0.0178. The summed E-state index contributed by atoms with van der Waals surface area (Å²) in [4.78, 5) is 23.9. The zero-order chi connectivity index (χ0) is 19.7. The van der Waals surface area contributed by atoms with E-state index in [0.717, 1.165) is 44.0 Å². The number of hydrogen-bond acceptors (Lipinski definition) is 4. The molecule has 5 nitrogen and oxygen atoms in total. The van der Waals surface area contributed by atoms with Crippen molar-refractivity contribution in [2.75, 3.05) is 18.0 Å². The first-order valence-corrected chi connectivity index (χ1v) is 9.87. The summed E-state index contributed by atoms with van der Waals surface area (Å²) in [6.07, 6.45) is 5.38. The van der Waals surface area contributed by atoms with Gasteiger partial charge in [-0.1, -0.05) is 17.7 Å². The summed E-state index contributed by atoms with van der Waals surface area (Å²) >= 11 is 0. The third-order valence-corrected chi connectivity index (χ3v) is 5.53. The molecule has 3 aromatic rings. The number of hydrogen-bond donors (Lipinski definition) is 0. The van der Waals surface area contributed by atoms with Gasteiger partial charge in [-0.2, -0.15) is 0 Å². The van der Waals surface area contributed by atoms with Crippen LogP contribution in [0.2, 0.25) is 0 Å². The van der Waals surface area contributed by atoms with Gasteiger partial charge < -0.3 is 4.90 Å². The molecule has 4 rings (SSSR count). The average Bonchev–Trinajstić information content (AvgIpc) is 2.68. The first-order valence-electron chi connectivity index (χ1n) is 9.87. The predicted molar refractivity (Wildman–Crippen MR) is 113 cm³/mol. The van der Waals surface area contributed by atoms with E-state index in [4.69, 9.17) is 4.98 Å². The Morgan fingerprint density at radius 1 is 1.00 bits per heavy atom. The van der Waals surface area contributed by atoms with E-state index in [9.17, 15) is 4.79 Å². The molecule has 0 spiro atoms. The summed E-state index contributed by atoms with van der Waals surface area (Å²) in [5.41, 5.74) is 7.03. The van der Waals surface area contributed by atoms with Gasteiger partial charge in [0.15, 0.2) is 0 Å². The second-order valence-electron chi connectivity index (χ2n) is 7.64. The lowest BCUT2D eigenvalue weighted by Crippen LogP contribution is -2.39. The number of anilines is 1.